The number of hydrogen-bond donors (Lipinski definition) is 0. The molecule has 0 radical (unpaired) electrons. The number of unbranched alkanes of at least 4 members (excludes halogenated alkanes) is 5. The van der Waals surface area contributed by atoms with E-state index >= 15 is 0 Å². The van der Waals surface area contributed by atoms with E-state index in [9.17, 15) is 4.79 Å². The molecule has 0 N–H and O–H groups in total. The van der Waals surface area contributed by atoms with Crippen LogP contribution in [0, 0.1) is 0 Å². The third-order valence-electron chi connectivity index (χ3n) is 4.46. The van der Waals surface area contributed by atoms with Crippen LogP contribution in [0.15, 0.2) is 54.6 Å². The van der Waals surface area contributed by atoms with Crippen molar-refractivity contribution in [2.45, 2.75) is 51.4 Å². The van der Waals surface area contributed by atoms with Gasteiger partial charge in [0.1, 0.15) is 5.75 Å². The zero-order chi connectivity index (χ0) is 18.5. The van der Waals surface area contributed by atoms with E-state index in [1.54, 1.807) is 0 Å². The Morgan fingerprint density at radius 1 is 0.808 bits per heavy atom. The largest absolute Gasteiger partial charge is 0.493 e. The summed E-state index contributed by atoms with van der Waals surface area (Å²) < 4.78 is 5.91. The van der Waals surface area contributed by atoms with Crippen LogP contribution in [-0.4, -0.2) is 17.7 Å². The molecule has 0 saturated heterocycles. The molecule has 2 aromatic carbocycles. The maximum Gasteiger partial charge on any atom is 0.166 e. The fourth-order valence-electron chi connectivity index (χ4n) is 2.95. The van der Waals surface area contributed by atoms with Crippen LogP contribution >= 0.6 is 15.9 Å². The van der Waals surface area contributed by atoms with E-state index in [0.717, 1.165) is 23.9 Å². The molecule has 2 rings (SSSR count). The van der Waals surface area contributed by atoms with E-state index in [0.29, 0.717) is 18.6 Å². The molecule has 0 atom stereocenters. The third kappa shape index (κ3) is 7.74. The predicted molar refractivity (Wildman–Crippen MR) is 113 cm³/mol. The summed E-state index contributed by atoms with van der Waals surface area (Å²) in [5, 5.41) is 1.10. The Balaban J connectivity index is 1.75. The Morgan fingerprint density at radius 3 is 2.23 bits per heavy atom. The van der Waals surface area contributed by atoms with E-state index in [4.69, 9.17) is 4.74 Å². The molecule has 140 valence electrons. The molecule has 0 aliphatic rings. The molecule has 2 nitrogen and oxygen atoms in total. The number of carbonyl (C=O) groups excluding carboxylic acids is 1. The SMILES string of the molecule is O=C(CCc1ccccc1)c1ccccc1OCCCCCCCCBr. The minimum Gasteiger partial charge on any atom is -0.493 e. The standard InChI is InChI=1S/C23H29BrO2/c24-18-10-3-1-2-4-11-19-26-23-15-9-8-14-21(23)22(25)17-16-20-12-6-5-7-13-20/h5-9,12-15H,1-4,10-11,16-19H2. The molecular weight excluding hydrogens is 388 g/mol. The number of aryl methyl sites for hydroxylation is 1. The average molecular weight is 417 g/mol. The highest BCUT2D eigenvalue weighted by molar-refractivity contribution is 9.09. The maximum atomic E-state index is 12.6. The lowest BCUT2D eigenvalue weighted by Crippen LogP contribution is -2.06. The molecule has 0 amide bonds. The second-order valence-corrected chi connectivity index (χ2v) is 7.36. The van der Waals surface area contributed by atoms with E-state index in [-0.39, 0.29) is 5.78 Å². The van der Waals surface area contributed by atoms with Crippen LogP contribution < -0.4 is 4.74 Å². The van der Waals surface area contributed by atoms with Crippen molar-refractivity contribution in [1.29, 1.82) is 0 Å². The van der Waals surface area contributed by atoms with Crippen molar-refractivity contribution in [2.75, 3.05) is 11.9 Å². The Hall–Kier alpha value is -1.61. The number of carbonyl (C=O) groups is 1. The maximum absolute atomic E-state index is 12.6. The summed E-state index contributed by atoms with van der Waals surface area (Å²) in [6.45, 7) is 0.682. The molecule has 0 unspecified atom stereocenters. The smallest absolute Gasteiger partial charge is 0.166 e. The lowest BCUT2D eigenvalue weighted by Gasteiger charge is -2.11. The van der Waals surface area contributed by atoms with Crippen LogP contribution in [0.25, 0.3) is 0 Å². The second kappa shape index (κ2) is 12.7. The van der Waals surface area contributed by atoms with Gasteiger partial charge in [0.2, 0.25) is 0 Å². The summed E-state index contributed by atoms with van der Waals surface area (Å²) in [5.41, 5.74) is 1.90. The highest BCUT2D eigenvalue weighted by atomic mass is 79.9. The number of rotatable bonds is 13. The van der Waals surface area contributed by atoms with E-state index < -0.39 is 0 Å². The van der Waals surface area contributed by atoms with Gasteiger partial charge >= 0.3 is 0 Å². The van der Waals surface area contributed by atoms with Crippen molar-refractivity contribution >= 4 is 21.7 Å². The fraction of sp³-hybridized carbons (Fsp3) is 0.435. The van der Waals surface area contributed by atoms with Crippen LogP contribution in [0.4, 0.5) is 0 Å². The van der Waals surface area contributed by atoms with Gasteiger partial charge in [0, 0.05) is 11.8 Å². The summed E-state index contributed by atoms with van der Waals surface area (Å²) in [6.07, 6.45) is 8.61. The molecule has 2 aromatic rings. The van der Waals surface area contributed by atoms with Gasteiger partial charge in [-0.05, 0) is 37.0 Å². The van der Waals surface area contributed by atoms with Crippen LogP contribution in [0.5, 0.6) is 5.75 Å². The Kier molecular flexibility index (Phi) is 10.1. The fourth-order valence-corrected chi connectivity index (χ4v) is 3.34. The molecule has 26 heavy (non-hydrogen) atoms. The van der Waals surface area contributed by atoms with Gasteiger partial charge < -0.3 is 4.74 Å². The second-order valence-electron chi connectivity index (χ2n) is 6.56. The molecule has 0 bridgehead atoms. The molecular formula is C23H29BrO2. The van der Waals surface area contributed by atoms with Gasteiger partial charge in [-0.1, -0.05) is 84.1 Å². The van der Waals surface area contributed by atoms with Crippen molar-refractivity contribution in [3.8, 4) is 5.75 Å². The zero-order valence-electron chi connectivity index (χ0n) is 15.5. The molecule has 0 aromatic heterocycles. The number of benzene rings is 2. The van der Waals surface area contributed by atoms with Gasteiger partial charge in [0.05, 0.1) is 12.2 Å². The number of para-hydroxylation sites is 1. The van der Waals surface area contributed by atoms with E-state index in [1.807, 2.05) is 42.5 Å². The first kappa shape index (κ1) is 20.7. The summed E-state index contributed by atoms with van der Waals surface area (Å²) in [6, 6.07) is 17.8. The van der Waals surface area contributed by atoms with E-state index in [2.05, 4.69) is 28.1 Å². The van der Waals surface area contributed by atoms with Crippen LogP contribution in [-0.2, 0) is 6.42 Å². The molecule has 3 heteroatoms. The van der Waals surface area contributed by atoms with Crippen LogP contribution in [0.2, 0.25) is 0 Å². The molecule has 0 aliphatic heterocycles. The Morgan fingerprint density at radius 2 is 1.46 bits per heavy atom. The quantitative estimate of drug-likeness (QED) is 0.208. The van der Waals surface area contributed by atoms with Gasteiger partial charge in [0.25, 0.3) is 0 Å². The first-order valence-corrected chi connectivity index (χ1v) is 10.8. The summed E-state index contributed by atoms with van der Waals surface area (Å²) in [4.78, 5) is 12.6. The molecule has 0 saturated carbocycles. The third-order valence-corrected chi connectivity index (χ3v) is 5.02. The van der Waals surface area contributed by atoms with Gasteiger partial charge in [-0.15, -0.1) is 0 Å². The minimum absolute atomic E-state index is 0.152. The van der Waals surface area contributed by atoms with Gasteiger partial charge in [-0.3, -0.25) is 4.79 Å². The van der Waals surface area contributed by atoms with Gasteiger partial charge in [-0.25, -0.2) is 0 Å². The first-order chi connectivity index (χ1) is 12.8. The Bertz CT molecular complexity index is 640. The van der Waals surface area contributed by atoms with Crippen LogP contribution in [0.3, 0.4) is 0 Å². The van der Waals surface area contributed by atoms with E-state index in [1.165, 1.54) is 37.7 Å². The monoisotopic (exact) mass is 416 g/mol. The minimum atomic E-state index is 0.152. The Labute approximate surface area is 166 Å². The summed E-state index contributed by atoms with van der Waals surface area (Å²) in [7, 11) is 0. The summed E-state index contributed by atoms with van der Waals surface area (Å²) in [5.74, 6) is 0.879. The van der Waals surface area contributed by atoms with Crippen molar-refractivity contribution in [3.63, 3.8) is 0 Å². The number of Topliss-reactive ketones (excluding diaryl/α,β-unsaturated/α-hetero) is 1. The number of alkyl halides is 1. The number of ketones is 1. The van der Waals surface area contributed by atoms with Crippen molar-refractivity contribution < 1.29 is 9.53 Å². The van der Waals surface area contributed by atoms with Gasteiger partial charge in [-0.2, -0.15) is 0 Å². The van der Waals surface area contributed by atoms with Crippen molar-refractivity contribution in [3.05, 3.63) is 65.7 Å². The molecule has 0 aliphatic carbocycles. The number of ether oxygens (including phenoxy) is 1. The first-order valence-electron chi connectivity index (χ1n) is 9.66. The summed E-state index contributed by atoms with van der Waals surface area (Å²) >= 11 is 3.46. The zero-order valence-corrected chi connectivity index (χ0v) is 17.0. The normalized spacial score (nSPS) is 10.7. The lowest BCUT2D eigenvalue weighted by molar-refractivity contribution is 0.0978. The van der Waals surface area contributed by atoms with Crippen molar-refractivity contribution in [2.24, 2.45) is 0 Å². The highest BCUT2D eigenvalue weighted by Gasteiger charge is 2.12. The van der Waals surface area contributed by atoms with Gasteiger partial charge in [0.15, 0.2) is 5.78 Å². The average Bonchev–Trinajstić information content (AvgIpc) is 2.69. The molecule has 0 fully saturated rings. The highest BCUT2D eigenvalue weighted by Crippen LogP contribution is 2.21. The number of halogens is 1. The lowest BCUT2D eigenvalue weighted by atomic mass is 10.0. The van der Waals surface area contributed by atoms with Crippen LogP contribution in [0.1, 0.15) is 60.9 Å². The molecule has 0 heterocycles. The number of hydrogen-bond acceptors (Lipinski definition) is 2. The van der Waals surface area contributed by atoms with Crippen molar-refractivity contribution in [1.82, 2.24) is 0 Å². The topological polar surface area (TPSA) is 26.3 Å². The predicted octanol–water partition coefficient (Wildman–Crippen LogP) is 6.62. The molecule has 0 spiro atoms.